The molecule has 0 aliphatic heterocycles. The molecule has 0 radical (unpaired) electrons. The number of nitrogens with one attached hydrogen (secondary N) is 4. The number of methoxy groups -OCH3 is 1. The summed E-state index contributed by atoms with van der Waals surface area (Å²) < 4.78 is 18.1. The summed E-state index contributed by atoms with van der Waals surface area (Å²) in [7, 11) is 3.23. The second-order valence-electron chi connectivity index (χ2n) is 5.45. The zero-order valence-corrected chi connectivity index (χ0v) is 14.5. The van der Waals surface area contributed by atoms with Crippen LogP contribution >= 0.6 is 0 Å². The molecule has 2 rings (SSSR count). The topological polar surface area (TPSA) is 90.5 Å². The van der Waals surface area contributed by atoms with Gasteiger partial charge in [0.25, 0.3) is 0 Å². The number of carbonyl (C=O) groups is 1. The van der Waals surface area contributed by atoms with E-state index in [4.69, 9.17) is 4.74 Å². The van der Waals surface area contributed by atoms with Gasteiger partial charge in [0.05, 0.1) is 13.2 Å². The van der Waals surface area contributed by atoms with Crippen LogP contribution in [0.4, 0.5) is 4.39 Å². The highest BCUT2D eigenvalue weighted by molar-refractivity contribution is 5.86. The Kier molecular flexibility index (Phi) is 7.21. The number of ether oxygens (including phenoxy) is 1. The van der Waals surface area contributed by atoms with Crippen LogP contribution in [0.2, 0.25) is 0 Å². The number of amides is 1. The van der Waals surface area contributed by atoms with Gasteiger partial charge in [-0.15, -0.1) is 0 Å². The molecule has 1 heterocycles. The number of hydrogen-bond donors (Lipinski definition) is 4. The summed E-state index contributed by atoms with van der Waals surface area (Å²) in [5.41, 5.74) is 1.88. The third-order valence-electron chi connectivity index (χ3n) is 3.68. The lowest BCUT2D eigenvalue weighted by atomic mass is 10.1. The van der Waals surface area contributed by atoms with E-state index in [9.17, 15) is 9.18 Å². The minimum atomic E-state index is -0.257. The molecule has 2 aromatic rings. The van der Waals surface area contributed by atoms with E-state index < -0.39 is 0 Å². The summed E-state index contributed by atoms with van der Waals surface area (Å²) >= 11 is 0. The van der Waals surface area contributed by atoms with Gasteiger partial charge in [0.2, 0.25) is 5.91 Å². The first-order valence-corrected chi connectivity index (χ1v) is 8.09. The van der Waals surface area contributed by atoms with Gasteiger partial charge in [0.1, 0.15) is 5.82 Å². The lowest BCUT2D eigenvalue weighted by Crippen LogP contribution is -2.44. The predicted octanol–water partition coefficient (Wildman–Crippen LogP) is 0.777. The van der Waals surface area contributed by atoms with Gasteiger partial charge in [-0.3, -0.25) is 9.79 Å². The SMILES string of the molecule is CN=C(NCCc1c[nH]c2cc(F)ccc12)NCC(=O)NCCOC. The monoisotopic (exact) mass is 349 g/mol. The van der Waals surface area contributed by atoms with Gasteiger partial charge >= 0.3 is 0 Å². The summed E-state index contributed by atoms with van der Waals surface area (Å²) in [5, 5.41) is 9.83. The molecule has 0 fully saturated rings. The molecule has 0 aliphatic carbocycles. The van der Waals surface area contributed by atoms with Crippen molar-refractivity contribution < 1.29 is 13.9 Å². The van der Waals surface area contributed by atoms with E-state index in [-0.39, 0.29) is 18.3 Å². The minimum Gasteiger partial charge on any atom is -0.383 e. The molecule has 0 atom stereocenters. The van der Waals surface area contributed by atoms with E-state index in [0.717, 1.165) is 22.9 Å². The normalized spacial score (nSPS) is 11.6. The molecular formula is C17H24FN5O2. The highest BCUT2D eigenvalue weighted by Gasteiger charge is 2.06. The Morgan fingerprint density at radius 1 is 1.28 bits per heavy atom. The smallest absolute Gasteiger partial charge is 0.239 e. The van der Waals surface area contributed by atoms with E-state index in [1.54, 1.807) is 20.2 Å². The summed E-state index contributed by atoms with van der Waals surface area (Å²) in [4.78, 5) is 18.8. The average Bonchev–Trinajstić information content (AvgIpc) is 3.00. The number of H-pyrrole nitrogens is 1. The van der Waals surface area contributed by atoms with Crippen molar-refractivity contribution in [3.05, 3.63) is 35.8 Å². The zero-order valence-electron chi connectivity index (χ0n) is 14.5. The maximum absolute atomic E-state index is 13.2. The summed E-state index contributed by atoms with van der Waals surface area (Å²) in [5.74, 6) is 0.166. The van der Waals surface area contributed by atoms with Gasteiger partial charge < -0.3 is 25.7 Å². The van der Waals surface area contributed by atoms with Crippen LogP contribution in [0.5, 0.6) is 0 Å². The molecule has 0 unspecified atom stereocenters. The second kappa shape index (κ2) is 9.63. The first-order valence-electron chi connectivity index (χ1n) is 8.09. The predicted molar refractivity (Wildman–Crippen MR) is 96.2 cm³/mol. The zero-order chi connectivity index (χ0) is 18.1. The molecule has 25 heavy (non-hydrogen) atoms. The molecule has 7 nitrogen and oxygen atoms in total. The highest BCUT2D eigenvalue weighted by atomic mass is 19.1. The van der Waals surface area contributed by atoms with E-state index in [1.165, 1.54) is 12.1 Å². The molecule has 0 bridgehead atoms. The molecule has 0 spiro atoms. The van der Waals surface area contributed by atoms with Crippen LogP contribution in [0.1, 0.15) is 5.56 Å². The van der Waals surface area contributed by atoms with Crippen LogP contribution in [-0.2, 0) is 16.0 Å². The van der Waals surface area contributed by atoms with E-state index >= 15 is 0 Å². The largest absolute Gasteiger partial charge is 0.383 e. The van der Waals surface area contributed by atoms with E-state index in [0.29, 0.717) is 25.7 Å². The van der Waals surface area contributed by atoms with Crippen LogP contribution < -0.4 is 16.0 Å². The van der Waals surface area contributed by atoms with Gasteiger partial charge in [0, 0.05) is 44.3 Å². The van der Waals surface area contributed by atoms with Crippen molar-refractivity contribution in [2.75, 3.05) is 40.4 Å². The van der Waals surface area contributed by atoms with Crippen LogP contribution in [0.3, 0.4) is 0 Å². The Labute approximate surface area is 146 Å². The van der Waals surface area contributed by atoms with Crippen molar-refractivity contribution in [3.63, 3.8) is 0 Å². The van der Waals surface area contributed by atoms with E-state index in [1.807, 2.05) is 6.20 Å². The Morgan fingerprint density at radius 2 is 2.12 bits per heavy atom. The standard InChI is InChI=1S/C17H24FN5O2/c1-19-17(23-11-16(24)20-7-8-25-2)21-6-5-12-10-22-15-9-13(18)3-4-14(12)15/h3-4,9-10,22H,5-8,11H2,1-2H3,(H,20,24)(H2,19,21,23). The van der Waals surface area contributed by atoms with Crippen LogP contribution in [-0.4, -0.2) is 57.2 Å². The van der Waals surface area contributed by atoms with Crippen LogP contribution in [0.15, 0.2) is 29.4 Å². The first-order chi connectivity index (χ1) is 12.1. The summed E-state index contributed by atoms with van der Waals surface area (Å²) in [6.07, 6.45) is 2.62. The third-order valence-corrected chi connectivity index (χ3v) is 3.68. The number of guanidine groups is 1. The highest BCUT2D eigenvalue weighted by Crippen LogP contribution is 2.19. The van der Waals surface area contributed by atoms with Gasteiger partial charge in [-0.2, -0.15) is 0 Å². The number of rotatable bonds is 8. The number of aromatic nitrogens is 1. The number of benzene rings is 1. The second-order valence-corrected chi connectivity index (χ2v) is 5.45. The number of fused-ring (bicyclic) bond motifs is 1. The minimum absolute atomic E-state index is 0.126. The van der Waals surface area contributed by atoms with Gasteiger partial charge in [-0.25, -0.2) is 4.39 Å². The molecule has 1 aromatic carbocycles. The Bertz CT molecular complexity index is 729. The molecule has 0 saturated heterocycles. The number of carbonyl (C=O) groups excluding carboxylic acids is 1. The van der Waals surface area contributed by atoms with Crippen molar-refractivity contribution in [1.29, 1.82) is 0 Å². The van der Waals surface area contributed by atoms with Crippen molar-refractivity contribution in [3.8, 4) is 0 Å². The fourth-order valence-electron chi connectivity index (χ4n) is 2.42. The number of aliphatic imine (C=N–C) groups is 1. The van der Waals surface area contributed by atoms with Crippen molar-refractivity contribution in [2.45, 2.75) is 6.42 Å². The molecule has 0 aliphatic rings. The Hall–Kier alpha value is -2.61. The Morgan fingerprint density at radius 3 is 2.88 bits per heavy atom. The average molecular weight is 349 g/mol. The van der Waals surface area contributed by atoms with Gasteiger partial charge in [0.15, 0.2) is 5.96 Å². The van der Waals surface area contributed by atoms with Crippen LogP contribution in [0.25, 0.3) is 10.9 Å². The number of hydrogen-bond acceptors (Lipinski definition) is 3. The van der Waals surface area contributed by atoms with Crippen molar-refractivity contribution >= 4 is 22.8 Å². The fourth-order valence-corrected chi connectivity index (χ4v) is 2.42. The molecule has 1 amide bonds. The Balaban J connectivity index is 1.76. The van der Waals surface area contributed by atoms with Crippen molar-refractivity contribution in [2.24, 2.45) is 4.99 Å². The lowest BCUT2D eigenvalue weighted by Gasteiger charge is -2.11. The molecule has 0 saturated carbocycles. The maximum Gasteiger partial charge on any atom is 0.239 e. The van der Waals surface area contributed by atoms with Gasteiger partial charge in [-0.05, 0) is 30.2 Å². The molecule has 8 heteroatoms. The summed E-state index contributed by atoms with van der Waals surface area (Å²) in [6, 6.07) is 4.71. The van der Waals surface area contributed by atoms with Crippen LogP contribution in [0, 0.1) is 5.82 Å². The van der Waals surface area contributed by atoms with E-state index in [2.05, 4.69) is 25.9 Å². The quantitative estimate of drug-likeness (QED) is 0.322. The third kappa shape index (κ3) is 5.75. The number of halogens is 1. The fraction of sp³-hybridized carbons (Fsp3) is 0.412. The summed E-state index contributed by atoms with van der Waals surface area (Å²) in [6.45, 7) is 1.72. The first kappa shape index (κ1) is 18.7. The maximum atomic E-state index is 13.2. The molecular weight excluding hydrogens is 325 g/mol. The molecule has 136 valence electrons. The lowest BCUT2D eigenvalue weighted by molar-refractivity contribution is -0.120. The number of nitrogens with zero attached hydrogens (tertiary/aromatic N) is 1. The number of aromatic amines is 1. The van der Waals surface area contributed by atoms with Gasteiger partial charge in [-0.1, -0.05) is 0 Å². The van der Waals surface area contributed by atoms with Crippen molar-refractivity contribution in [1.82, 2.24) is 20.9 Å². The molecule has 1 aromatic heterocycles. The molecule has 4 N–H and O–H groups in total.